The van der Waals surface area contributed by atoms with Crippen molar-refractivity contribution in [3.8, 4) is 0 Å². The highest BCUT2D eigenvalue weighted by molar-refractivity contribution is 6.30. The third kappa shape index (κ3) is 3.38. The molecule has 0 unspecified atom stereocenters. The Hall–Kier alpha value is -1.73. The van der Waals surface area contributed by atoms with E-state index in [1.807, 2.05) is 38.4 Å². The smallest absolute Gasteiger partial charge is 0.0411 e. The van der Waals surface area contributed by atoms with E-state index in [1.165, 1.54) is 11.3 Å². The summed E-state index contributed by atoms with van der Waals surface area (Å²) < 4.78 is 0. The van der Waals surface area contributed by atoms with Crippen LogP contribution in [0.1, 0.15) is 11.1 Å². The Kier molecular flexibility index (Phi) is 4.06. The molecule has 0 spiro atoms. The molecule has 0 saturated heterocycles. The molecule has 0 N–H and O–H groups in total. The number of nitrogens with zero attached hydrogens (tertiary/aromatic N) is 1. The molecule has 2 rings (SSSR count). The van der Waals surface area contributed by atoms with Crippen molar-refractivity contribution in [2.24, 2.45) is 0 Å². The van der Waals surface area contributed by atoms with Crippen molar-refractivity contribution in [1.29, 1.82) is 0 Å². The average molecular weight is 258 g/mol. The van der Waals surface area contributed by atoms with Crippen LogP contribution in [0.5, 0.6) is 0 Å². The minimum absolute atomic E-state index is 0.764. The molecule has 0 atom stereocenters. The van der Waals surface area contributed by atoms with Crippen LogP contribution in [0.25, 0.3) is 12.2 Å². The molecule has 2 heteroatoms. The van der Waals surface area contributed by atoms with Gasteiger partial charge in [-0.2, -0.15) is 0 Å². The first kappa shape index (κ1) is 12.7. The highest BCUT2D eigenvalue weighted by Crippen LogP contribution is 2.16. The van der Waals surface area contributed by atoms with Gasteiger partial charge < -0.3 is 4.90 Å². The molecule has 2 aromatic rings. The molecule has 0 fully saturated rings. The summed E-state index contributed by atoms with van der Waals surface area (Å²) in [5, 5.41) is 0.764. The van der Waals surface area contributed by atoms with Gasteiger partial charge in [-0.15, -0.1) is 0 Å². The number of halogens is 1. The Labute approximate surface area is 113 Å². The second-order valence-corrected chi connectivity index (χ2v) is 4.81. The zero-order valence-electron chi connectivity index (χ0n) is 10.6. The summed E-state index contributed by atoms with van der Waals surface area (Å²) >= 11 is 5.94. The molecule has 0 bridgehead atoms. The number of benzene rings is 2. The first-order valence-corrected chi connectivity index (χ1v) is 6.24. The predicted molar refractivity (Wildman–Crippen MR) is 81.1 cm³/mol. The van der Waals surface area contributed by atoms with Gasteiger partial charge in [-0.1, -0.05) is 48.0 Å². The lowest BCUT2D eigenvalue weighted by molar-refractivity contribution is 1.13. The van der Waals surface area contributed by atoms with Crippen molar-refractivity contribution >= 4 is 29.4 Å². The molecular weight excluding hydrogens is 242 g/mol. The summed E-state index contributed by atoms with van der Waals surface area (Å²) in [4.78, 5) is 2.09. The highest BCUT2D eigenvalue weighted by atomic mass is 35.5. The van der Waals surface area contributed by atoms with Crippen LogP contribution in [-0.2, 0) is 0 Å². The Morgan fingerprint density at radius 1 is 0.889 bits per heavy atom. The van der Waals surface area contributed by atoms with Gasteiger partial charge in [0.05, 0.1) is 0 Å². The molecule has 0 aromatic heterocycles. The lowest BCUT2D eigenvalue weighted by atomic mass is 10.1. The molecule has 0 aliphatic carbocycles. The Morgan fingerprint density at radius 2 is 1.56 bits per heavy atom. The molecule has 0 aliphatic heterocycles. The lowest BCUT2D eigenvalue weighted by Crippen LogP contribution is -2.07. The summed E-state index contributed by atoms with van der Waals surface area (Å²) in [7, 11) is 4.08. The van der Waals surface area contributed by atoms with E-state index in [2.05, 4.69) is 41.3 Å². The van der Waals surface area contributed by atoms with Gasteiger partial charge in [-0.25, -0.2) is 0 Å². The Morgan fingerprint density at radius 3 is 2.17 bits per heavy atom. The van der Waals surface area contributed by atoms with Gasteiger partial charge in [-0.05, 0) is 35.4 Å². The first-order chi connectivity index (χ1) is 8.65. The van der Waals surface area contributed by atoms with E-state index in [4.69, 9.17) is 11.6 Å². The quantitative estimate of drug-likeness (QED) is 0.728. The van der Waals surface area contributed by atoms with E-state index in [0.29, 0.717) is 0 Å². The largest absolute Gasteiger partial charge is 0.378 e. The minimum Gasteiger partial charge on any atom is -0.378 e. The fourth-order valence-electron chi connectivity index (χ4n) is 1.69. The fraction of sp³-hybridized carbons (Fsp3) is 0.125. The van der Waals surface area contributed by atoms with Crippen molar-refractivity contribution < 1.29 is 0 Å². The number of hydrogen-bond acceptors (Lipinski definition) is 1. The number of rotatable bonds is 3. The van der Waals surface area contributed by atoms with Crippen molar-refractivity contribution in [3.63, 3.8) is 0 Å². The SMILES string of the molecule is CN(C)c1ccc(/C=C/c2cccc(Cl)c2)cc1. The lowest BCUT2D eigenvalue weighted by Gasteiger charge is -2.11. The zero-order chi connectivity index (χ0) is 13.0. The van der Waals surface area contributed by atoms with Crippen molar-refractivity contribution in [2.45, 2.75) is 0 Å². The molecular formula is C16H16ClN. The third-order valence-electron chi connectivity index (χ3n) is 2.73. The van der Waals surface area contributed by atoms with E-state index < -0.39 is 0 Å². The summed E-state index contributed by atoms with van der Waals surface area (Å²) in [5.74, 6) is 0. The minimum atomic E-state index is 0.764. The number of anilines is 1. The van der Waals surface area contributed by atoms with Crippen molar-refractivity contribution in [1.82, 2.24) is 0 Å². The van der Waals surface area contributed by atoms with Crippen LogP contribution < -0.4 is 4.90 Å². The monoisotopic (exact) mass is 257 g/mol. The van der Waals surface area contributed by atoms with Crippen LogP contribution >= 0.6 is 11.6 Å². The average Bonchev–Trinajstić information content (AvgIpc) is 2.37. The summed E-state index contributed by atoms with van der Waals surface area (Å²) in [6, 6.07) is 16.3. The van der Waals surface area contributed by atoms with Gasteiger partial charge in [-0.3, -0.25) is 0 Å². The maximum absolute atomic E-state index is 5.94. The Balaban J connectivity index is 2.14. The van der Waals surface area contributed by atoms with Gasteiger partial charge in [0.1, 0.15) is 0 Å². The molecule has 0 saturated carbocycles. The highest BCUT2D eigenvalue weighted by Gasteiger charge is 1.94. The normalized spacial score (nSPS) is 10.8. The van der Waals surface area contributed by atoms with Crippen LogP contribution in [-0.4, -0.2) is 14.1 Å². The third-order valence-corrected chi connectivity index (χ3v) is 2.96. The first-order valence-electron chi connectivity index (χ1n) is 5.86. The van der Waals surface area contributed by atoms with Crippen LogP contribution in [0.2, 0.25) is 5.02 Å². The summed E-state index contributed by atoms with van der Waals surface area (Å²) in [6.07, 6.45) is 4.15. The van der Waals surface area contributed by atoms with Gasteiger partial charge in [0.15, 0.2) is 0 Å². The number of hydrogen-bond donors (Lipinski definition) is 0. The standard InChI is InChI=1S/C16H16ClN/c1-18(2)16-10-8-13(9-11-16)6-7-14-4-3-5-15(17)12-14/h3-12H,1-2H3/b7-6+. The zero-order valence-corrected chi connectivity index (χ0v) is 11.4. The maximum atomic E-state index is 5.94. The molecule has 1 nitrogen and oxygen atoms in total. The topological polar surface area (TPSA) is 3.24 Å². The van der Waals surface area contributed by atoms with Gasteiger partial charge in [0.25, 0.3) is 0 Å². The van der Waals surface area contributed by atoms with E-state index in [1.54, 1.807) is 0 Å². The van der Waals surface area contributed by atoms with E-state index in [-0.39, 0.29) is 0 Å². The Bertz CT molecular complexity index is 541. The summed E-state index contributed by atoms with van der Waals surface area (Å²) in [5.41, 5.74) is 3.50. The van der Waals surface area contributed by atoms with Crippen LogP contribution in [0.4, 0.5) is 5.69 Å². The van der Waals surface area contributed by atoms with E-state index >= 15 is 0 Å². The van der Waals surface area contributed by atoms with E-state index in [9.17, 15) is 0 Å². The van der Waals surface area contributed by atoms with Gasteiger partial charge in [0, 0.05) is 24.8 Å². The molecule has 0 radical (unpaired) electrons. The van der Waals surface area contributed by atoms with Crippen molar-refractivity contribution in [2.75, 3.05) is 19.0 Å². The molecule has 0 aliphatic rings. The predicted octanol–water partition coefficient (Wildman–Crippen LogP) is 4.58. The van der Waals surface area contributed by atoms with Crippen LogP contribution in [0.15, 0.2) is 48.5 Å². The second-order valence-electron chi connectivity index (χ2n) is 4.37. The van der Waals surface area contributed by atoms with Gasteiger partial charge >= 0.3 is 0 Å². The molecule has 2 aromatic carbocycles. The van der Waals surface area contributed by atoms with Crippen LogP contribution in [0.3, 0.4) is 0 Å². The van der Waals surface area contributed by atoms with Gasteiger partial charge in [0.2, 0.25) is 0 Å². The molecule has 18 heavy (non-hydrogen) atoms. The second kappa shape index (κ2) is 5.74. The summed E-state index contributed by atoms with van der Waals surface area (Å²) in [6.45, 7) is 0. The van der Waals surface area contributed by atoms with E-state index in [0.717, 1.165) is 10.6 Å². The van der Waals surface area contributed by atoms with Crippen LogP contribution in [0, 0.1) is 0 Å². The maximum Gasteiger partial charge on any atom is 0.0411 e. The fourth-order valence-corrected chi connectivity index (χ4v) is 1.89. The molecule has 0 amide bonds. The molecule has 0 heterocycles. The van der Waals surface area contributed by atoms with Crippen molar-refractivity contribution in [3.05, 3.63) is 64.7 Å². The molecule has 92 valence electrons.